The summed E-state index contributed by atoms with van der Waals surface area (Å²) in [6.45, 7) is 15.5. The van der Waals surface area contributed by atoms with Crippen molar-refractivity contribution in [3.8, 4) is 0 Å². The number of carbonyl (C=O) groups excluding carboxylic acids is 6. The van der Waals surface area contributed by atoms with Gasteiger partial charge in [0.2, 0.25) is 11.6 Å². The fraction of sp³-hybridized carbons (Fsp3) is 0.609. The number of ketones is 2. The molecule has 5 fully saturated rings. The monoisotopic (exact) mass is 847 g/mol. The van der Waals surface area contributed by atoms with Crippen molar-refractivity contribution in [2.45, 2.75) is 141 Å². The van der Waals surface area contributed by atoms with Crippen LogP contribution in [0, 0.1) is 28.6 Å². The number of aliphatic hydroxyl groups excluding tert-OH is 1. The van der Waals surface area contributed by atoms with Crippen LogP contribution in [-0.2, 0) is 47.6 Å². The molecule has 5 aliphatic rings. The van der Waals surface area contributed by atoms with Crippen LogP contribution in [0.1, 0.15) is 104 Å². The predicted octanol–water partition coefficient (Wildman–Crippen LogP) is 4.89. The van der Waals surface area contributed by atoms with Crippen LogP contribution in [0.15, 0.2) is 60.7 Å². The number of esters is 3. The average molecular weight is 848 g/mol. The Bertz CT molecular complexity index is 2100. The molecule has 2 aromatic carbocycles. The van der Waals surface area contributed by atoms with Crippen LogP contribution in [0.3, 0.4) is 0 Å². The third kappa shape index (κ3) is 6.95. The highest BCUT2D eigenvalue weighted by atomic mass is 16.6. The summed E-state index contributed by atoms with van der Waals surface area (Å²) < 4.78 is 36.8. The number of rotatable bonds is 6. The van der Waals surface area contributed by atoms with E-state index >= 15 is 4.79 Å². The number of aliphatic hydroxyl groups is 2. The lowest BCUT2D eigenvalue weighted by Crippen LogP contribution is -2.82. The zero-order chi connectivity index (χ0) is 44.8. The first-order chi connectivity index (χ1) is 28.3. The molecule has 3 saturated carbocycles. The Morgan fingerprint density at radius 1 is 0.902 bits per heavy atom. The first kappa shape index (κ1) is 44.4. The second-order valence-corrected chi connectivity index (χ2v) is 19.6. The molecule has 7 rings (SSSR count). The summed E-state index contributed by atoms with van der Waals surface area (Å²) in [4.78, 5) is 87.1. The highest BCUT2D eigenvalue weighted by Gasteiger charge is 2.79. The molecule has 0 spiro atoms. The number of Topliss-reactive ketones (excluding diaryl/α,β-unsaturated/α-hetero) is 2. The van der Waals surface area contributed by atoms with Gasteiger partial charge in [0.25, 0.3) is 0 Å². The molecule has 0 aromatic heterocycles. The average Bonchev–Trinajstić information content (AvgIpc) is 3.47. The number of hydrogen-bond donors (Lipinski definition) is 2. The maximum Gasteiger partial charge on any atom is 0.413 e. The highest BCUT2D eigenvalue weighted by molar-refractivity contribution is 6.40. The van der Waals surface area contributed by atoms with Crippen LogP contribution in [0.4, 0.5) is 4.79 Å². The zero-order valence-electron chi connectivity index (χ0n) is 36.3. The molecular formula is C46H57NO14. The number of benzene rings is 2. The molecule has 12 atom stereocenters. The van der Waals surface area contributed by atoms with E-state index < -0.39 is 130 Å². The Hall–Kier alpha value is -4.70. The summed E-state index contributed by atoms with van der Waals surface area (Å²) in [7, 11) is 0. The summed E-state index contributed by atoms with van der Waals surface area (Å²) in [6.07, 6.45) is -8.44. The quantitative estimate of drug-likeness (QED) is 0.226. The minimum atomic E-state index is -2.32. The van der Waals surface area contributed by atoms with Crippen LogP contribution in [0.2, 0.25) is 0 Å². The molecule has 15 nitrogen and oxygen atoms in total. The van der Waals surface area contributed by atoms with Gasteiger partial charge in [0.15, 0.2) is 11.7 Å². The molecule has 3 unspecified atom stereocenters. The second-order valence-electron chi connectivity index (χ2n) is 19.6. The summed E-state index contributed by atoms with van der Waals surface area (Å²) in [5.41, 5.74) is -9.34. The van der Waals surface area contributed by atoms with Crippen molar-refractivity contribution in [2.75, 3.05) is 6.61 Å². The molecular weight excluding hydrogens is 790 g/mol. The van der Waals surface area contributed by atoms with Crippen LogP contribution in [-0.4, -0.2) is 110 Å². The van der Waals surface area contributed by atoms with Gasteiger partial charge in [-0.15, -0.1) is 0 Å². The van der Waals surface area contributed by atoms with Gasteiger partial charge in [-0.3, -0.25) is 19.3 Å². The third-order valence-electron chi connectivity index (χ3n) is 14.0. The molecule has 1 amide bonds. The number of fused-ring (bicyclic) bond motifs is 5. The van der Waals surface area contributed by atoms with Crippen molar-refractivity contribution in [1.29, 1.82) is 0 Å². The third-order valence-corrected chi connectivity index (χ3v) is 14.0. The first-order valence-corrected chi connectivity index (χ1v) is 20.8. The number of nitrogens with zero attached hydrogens (tertiary/aromatic N) is 1. The highest BCUT2D eigenvalue weighted by Crippen LogP contribution is 2.64. The maximum atomic E-state index is 15.0. The summed E-state index contributed by atoms with van der Waals surface area (Å²) in [5.74, 6) is -8.37. The predicted molar refractivity (Wildman–Crippen MR) is 214 cm³/mol. The van der Waals surface area contributed by atoms with Crippen molar-refractivity contribution in [3.63, 3.8) is 0 Å². The van der Waals surface area contributed by atoms with Gasteiger partial charge in [0, 0.05) is 37.0 Å². The van der Waals surface area contributed by atoms with Crippen molar-refractivity contribution < 1.29 is 67.4 Å². The van der Waals surface area contributed by atoms with Crippen molar-refractivity contribution in [2.24, 2.45) is 28.6 Å². The molecule has 0 radical (unpaired) electrons. The lowest BCUT2D eigenvalue weighted by Gasteiger charge is -2.67. The molecule has 2 N–H and O–H groups in total. The number of carbonyl (C=O) groups is 6. The smallest absolute Gasteiger partial charge is 0.413 e. The van der Waals surface area contributed by atoms with Gasteiger partial charge < -0.3 is 38.6 Å². The van der Waals surface area contributed by atoms with Gasteiger partial charge in [0.1, 0.15) is 41.3 Å². The van der Waals surface area contributed by atoms with Crippen LogP contribution < -0.4 is 0 Å². The standard InChI is InChI=1S/C46H57NO14/c1-24-28(57-39(53)34-32(26-17-13-11-14-18-26)47(43(8,9)60-34)40(54)61-41(3,4)5)22-46(55)37(58-38(52)27-19-15-12-16-20-27)35-44(10,36(51)33(50)31(24)42(46,6)7)29(49)21-30-45(35,23-56-30)59-25(2)48/h11-20,24,28-32,34-35,37,49,55H,21-23H2,1-10H3/t24?,28-,29-,30+,31?,32+,34+,35?,37-,44+,45-,46+/m0/s1. The Labute approximate surface area is 355 Å². The lowest BCUT2D eigenvalue weighted by atomic mass is 9.42. The van der Waals surface area contributed by atoms with Gasteiger partial charge >= 0.3 is 24.0 Å². The Kier molecular flexibility index (Phi) is 10.9. The van der Waals surface area contributed by atoms with E-state index in [0.717, 1.165) is 0 Å². The Morgan fingerprint density at radius 3 is 2.07 bits per heavy atom. The first-order valence-electron chi connectivity index (χ1n) is 20.8. The SMILES string of the molecule is CC(=O)O[C@@]12CO[C@@H]1C[C@H](O)[C@@]1(C)C(=O)C(=O)C3C(C)[C@@H](OC(=O)[C@@H]4OC(C)(C)N(C(=O)OC(C)(C)C)[C@@H]4c4ccccc4)C[C@@](O)([C@@H](OC(=O)c4ccccc4)C12)C3(C)C. The lowest BCUT2D eigenvalue weighted by molar-refractivity contribution is -0.350. The number of ether oxygens (including phenoxy) is 6. The molecule has 2 aromatic rings. The van der Waals surface area contributed by atoms with Crippen molar-refractivity contribution in [3.05, 3.63) is 71.8 Å². The topological polar surface area (TPSA) is 201 Å². The molecule has 2 saturated heterocycles. The fourth-order valence-electron chi connectivity index (χ4n) is 11.0. The van der Waals surface area contributed by atoms with E-state index in [1.807, 2.05) is 0 Å². The second kappa shape index (κ2) is 15.0. The van der Waals surface area contributed by atoms with E-state index in [1.54, 1.807) is 104 Å². The maximum absolute atomic E-state index is 15.0. The van der Waals surface area contributed by atoms with Gasteiger partial charge in [-0.2, -0.15) is 0 Å². The van der Waals surface area contributed by atoms with E-state index in [-0.39, 0.29) is 18.6 Å². The van der Waals surface area contributed by atoms with Crippen LogP contribution in [0.25, 0.3) is 0 Å². The van der Waals surface area contributed by atoms with Gasteiger partial charge in [0.05, 0.1) is 29.6 Å². The molecule has 2 aliphatic heterocycles. The summed E-state index contributed by atoms with van der Waals surface area (Å²) in [6, 6.07) is 15.7. The van der Waals surface area contributed by atoms with E-state index in [9.17, 15) is 34.2 Å². The molecule has 61 heavy (non-hydrogen) atoms. The number of amides is 1. The van der Waals surface area contributed by atoms with Gasteiger partial charge in [-0.05, 0) is 59.2 Å². The summed E-state index contributed by atoms with van der Waals surface area (Å²) in [5, 5.41) is 25.5. The molecule has 2 bridgehead atoms. The molecule has 3 aliphatic carbocycles. The van der Waals surface area contributed by atoms with Crippen LogP contribution >= 0.6 is 0 Å². The van der Waals surface area contributed by atoms with Crippen molar-refractivity contribution >= 4 is 35.6 Å². The van der Waals surface area contributed by atoms with Crippen molar-refractivity contribution in [1.82, 2.24) is 4.90 Å². The van der Waals surface area contributed by atoms with E-state index in [2.05, 4.69) is 0 Å². The minimum absolute atomic E-state index is 0.0978. The van der Waals surface area contributed by atoms with Gasteiger partial charge in [-0.1, -0.05) is 69.3 Å². The van der Waals surface area contributed by atoms with Gasteiger partial charge in [-0.25, -0.2) is 14.4 Å². The fourth-order valence-corrected chi connectivity index (χ4v) is 11.0. The van der Waals surface area contributed by atoms with E-state index in [1.165, 1.54) is 30.9 Å². The number of hydrogen-bond acceptors (Lipinski definition) is 14. The van der Waals surface area contributed by atoms with E-state index in [0.29, 0.717) is 5.56 Å². The Morgan fingerprint density at radius 2 is 1.51 bits per heavy atom. The molecule has 330 valence electrons. The van der Waals surface area contributed by atoms with Crippen LogP contribution in [0.5, 0.6) is 0 Å². The molecule has 2 heterocycles. The summed E-state index contributed by atoms with van der Waals surface area (Å²) >= 11 is 0. The minimum Gasteiger partial charge on any atom is -0.460 e. The largest absolute Gasteiger partial charge is 0.460 e. The zero-order valence-corrected chi connectivity index (χ0v) is 36.3. The Balaban J connectivity index is 1.35. The van der Waals surface area contributed by atoms with E-state index in [4.69, 9.17) is 28.4 Å². The molecule has 15 heteroatoms. The normalized spacial score (nSPS) is 37.4.